The Morgan fingerprint density at radius 3 is 2.24 bits per heavy atom. The second-order valence-corrected chi connectivity index (χ2v) is 7.10. The van der Waals surface area contributed by atoms with Crippen LogP contribution in [-0.4, -0.2) is 33.7 Å². The van der Waals surface area contributed by atoms with E-state index in [0.29, 0.717) is 0 Å². The molecule has 0 heterocycles. The summed E-state index contributed by atoms with van der Waals surface area (Å²) < 4.78 is 63.7. The predicted octanol–water partition coefficient (Wildman–Crippen LogP) is 2.30. The van der Waals surface area contributed by atoms with E-state index >= 15 is 0 Å². The molecule has 0 aliphatic carbocycles. The van der Waals surface area contributed by atoms with Crippen LogP contribution in [-0.2, 0) is 10.0 Å². The lowest BCUT2D eigenvalue weighted by molar-refractivity contribution is 0.0954. The zero-order valence-electron chi connectivity index (χ0n) is 13.2. The van der Waals surface area contributed by atoms with Crippen LogP contribution in [0.2, 0.25) is 0 Å². The van der Waals surface area contributed by atoms with Crippen molar-refractivity contribution in [3.05, 3.63) is 65.5 Å². The van der Waals surface area contributed by atoms with Crippen molar-refractivity contribution in [2.45, 2.75) is 0 Å². The van der Waals surface area contributed by atoms with Crippen molar-refractivity contribution in [1.82, 2.24) is 5.32 Å². The summed E-state index contributed by atoms with van der Waals surface area (Å²) in [6, 6.07) is 7.52. The van der Waals surface area contributed by atoms with Gasteiger partial charge in [-0.2, -0.15) is 0 Å². The van der Waals surface area contributed by atoms with Gasteiger partial charge in [-0.05, 0) is 42.5 Å². The first-order valence-corrected chi connectivity index (χ1v) is 9.00. The third-order valence-electron chi connectivity index (χ3n) is 3.30. The average molecular weight is 372 g/mol. The molecule has 0 radical (unpaired) electrons. The third-order valence-corrected chi connectivity index (χ3v) is 4.49. The Balaban J connectivity index is 2.04. The molecule has 0 spiro atoms. The van der Waals surface area contributed by atoms with E-state index in [-0.39, 0.29) is 24.3 Å². The van der Waals surface area contributed by atoms with Crippen molar-refractivity contribution in [3.63, 3.8) is 0 Å². The summed E-state index contributed by atoms with van der Waals surface area (Å²) in [6.07, 6.45) is 0.980. The van der Waals surface area contributed by atoms with Gasteiger partial charge in [-0.15, -0.1) is 0 Å². The van der Waals surface area contributed by atoms with Gasteiger partial charge >= 0.3 is 0 Å². The smallest absolute Gasteiger partial charge is 0.251 e. The van der Waals surface area contributed by atoms with Crippen molar-refractivity contribution < 1.29 is 26.4 Å². The zero-order valence-corrected chi connectivity index (χ0v) is 14.0. The van der Waals surface area contributed by atoms with Gasteiger partial charge in [-0.25, -0.2) is 21.6 Å². The maximum atomic E-state index is 13.1. The number of carbonyl (C=O) groups excluding carboxylic acids is 1. The normalized spacial score (nSPS) is 11.2. The maximum absolute atomic E-state index is 13.1. The van der Waals surface area contributed by atoms with Gasteiger partial charge in [0.05, 0.1) is 18.5 Å². The lowest BCUT2D eigenvalue weighted by Gasteiger charge is -2.22. The van der Waals surface area contributed by atoms with Gasteiger partial charge in [0, 0.05) is 12.1 Å². The first-order chi connectivity index (χ1) is 11.7. The van der Waals surface area contributed by atoms with E-state index in [0.717, 1.165) is 40.9 Å². The fourth-order valence-electron chi connectivity index (χ4n) is 2.10. The second kappa shape index (κ2) is 7.56. The number of amides is 1. The Hall–Kier alpha value is -2.55. The summed E-state index contributed by atoms with van der Waals surface area (Å²) in [6.45, 7) is -0.192. The number of hydrogen-bond acceptors (Lipinski definition) is 3. The van der Waals surface area contributed by atoms with E-state index in [9.17, 15) is 26.4 Å². The number of hydrogen-bond donors (Lipinski definition) is 1. The molecule has 0 bridgehead atoms. The zero-order chi connectivity index (χ0) is 18.6. The van der Waals surface area contributed by atoms with Gasteiger partial charge in [-0.3, -0.25) is 9.10 Å². The fraction of sp³-hybridized carbons (Fsp3) is 0.188. The van der Waals surface area contributed by atoms with E-state index in [4.69, 9.17) is 0 Å². The molecule has 5 nitrogen and oxygen atoms in total. The monoisotopic (exact) mass is 372 g/mol. The van der Waals surface area contributed by atoms with Crippen molar-refractivity contribution in [1.29, 1.82) is 0 Å². The highest BCUT2D eigenvalue weighted by molar-refractivity contribution is 7.92. The lowest BCUT2D eigenvalue weighted by atomic mass is 10.2. The van der Waals surface area contributed by atoms with E-state index in [1.165, 1.54) is 12.1 Å². The SMILES string of the molecule is CS(=O)(=O)N(CCNC(=O)c1ccc(F)c(F)c1)c1ccc(F)cc1. The number of sulfonamides is 1. The summed E-state index contributed by atoms with van der Waals surface area (Å²) in [5.74, 6) is -3.41. The number of benzene rings is 2. The van der Waals surface area contributed by atoms with Crippen molar-refractivity contribution in [2.24, 2.45) is 0 Å². The van der Waals surface area contributed by atoms with Crippen LogP contribution in [0.15, 0.2) is 42.5 Å². The molecule has 0 aliphatic heterocycles. The lowest BCUT2D eigenvalue weighted by Crippen LogP contribution is -2.38. The Kier molecular flexibility index (Phi) is 5.68. The largest absolute Gasteiger partial charge is 0.350 e. The van der Waals surface area contributed by atoms with Gasteiger partial charge in [0.1, 0.15) is 5.82 Å². The van der Waals surface area contributed by atoms with Crippen LogP contribution in [0.3, 0.4) is 0 Å². The van der Waals surface area contributed by atoms with Crippen molar-refractivity contribution in [2.75, 3.05) is 23.7 Å². The molecule has 2 rings (SSSR count). The summed E-state index contributed by atoms with van der Waals surface area (Å²) in [7, 11) is -3.66. The van der Waals surface area contributed by atoms with E-state index in [1.54, 1.807) is 0 Å². The summed E-state index contributed by atoms with van der Waals surface area (Å²) in [4.78, 5) is 11.9. The molecule has 0 saturated carbocycles. The summed E-state index contributed by atoms with van der Waals surface area (Å²) in [5, 5.41) is 2.42. The number of halogens is 3. The molecule has 2 aromatic carbocycles. The average Bonchev–Trinajstić information content (AvgIpc) is 2.54. The fourth-order valence-corrected chi connectivity index (χ4v) is 3.03. The molecule has 0 aromatic heterocycles. The molecule has 2 aromatic rings. The van der Waals surface area contributed by atoms with E-state index < -0.39 is 33.4 Å². The Bertz CT molecular complexity index is 871. The third kappa shape index (κ3) is 4.96. The molecule has 9 heteroatoms. The standard InChI is InChI=1S/C16H15F3N2O3S/c1-25(23,24)21(13-5-3-12(17)4-6-13)9-8-20-16(22)11-2-7-14(18)15(19)10-11/h2-7,10H,8-9H2,1H3,(H,20,22). The topological polar surface area (TPSA) is 66.5 Å². The molecule has 0 fully saturated rings. The molecular formula is C16H15F3N2O3S. The molecule has 0 atom stereocenters. The molecule has 134 valence electrons. The van der Waals surface area contributed by atoms with Crippen LogP contribution in [0.5, 0.6) is 0 Å². The van der Waals surface area contributed by atoms with Crippen LogP contribution in [0.25, 0.3) is 0 Å². The number of nitrogens with zero attached hydrogens (tertiary/aromatic N) is 1. The molecule has 25 heavy (non-hydrogen) atoms. The summed E-state index contributed by atoms with van der Waals surface area (Å²) >= 11 is 0. The van der Waals surface area contributed by atoms with Crippen molar-refractivity contribution >= 4 is 21.6 Å². The van der Waals surface area contributed by atoms with Crippen LogP contribution >= 0.6 is 0 Å². The number of carbonyl (C=O) groups is 1. The van der Waals surface area contributed by atoms with Crippen molar-refractivity contribution in [3.8, 4) is 0 Å². The Morgan fingerprint density at radius 2 is 1.68 bits per heavy atom. The molecule has 1 N–H and O–H groups in total. The van der Waals surface area contributed by atoms with E-state index in [1.807, 2.05) is 0 Å². The highest BCUT2D eigenvalue weighted by Gasteiger charge is 2.18. The van der Waals surface area contributed by atoms with Gasteiger partial charge < -0.3 is 5.32 Å². The Labute approximate surface area is 143 Å². The molecule has 0 saturated heterocycles. The highest BCUT2D eigenvalue weighted by atomic mass is 32.2. The van der Waals surface area contributed by atoms with Gasteiger partial charge in [-0.1, -0.05) is 0 Å². The highest BCUT2D eigenvalue weighted by Crippen LogP contribution is 2.17. The van der Waals surface area contributed by atoms with E-state index in [2.05, 4.69) is 5.32 Å². The number of anilines is 1. The second-order valence-electron chi connectivity index (χ2n) is 5.20. The molecule has 0 unspecified atom stereocenters. The Morgan fingerprint density at radius 1 is 1.04 bits per heavy atom. The predicted molar refractivity (Wildman–Crippen MR) is 87.3 cm³/mol. The minimum Gasteiger partial charge on any atom is -0.350 e. The first-order valence-electron chi connectivity index (χ1n) is 7.15. The van der Waals surface area contributed by atoms with Crippen LogP contribution in [0.1, 0.15) is 10.4 Å². The maximum Gasteiger partial charge on any atom is 0.251 e. The van der Waals surface area contributed by atoms with Gasteiger partial charge in [0.15, 0.2) is 11.6 Å². The van der Waals surface area contributed by atoms with Crippen LogP contribution in [0.4, 0.5) is 18.9 Å². The number of rotatable bonds is 6. The molecule has 1 amide bonds. The van der Waals surface area contributed by atoms with Crippen LogP contribution in [0, 0.1) is 17.5 Å². The van der Waals surface area contributed by atoms with Gasteiger partial charge in [0.25, 0.3) is 5.91 Å². The molecular weight excluding hydrogens is 357 g/mol. The minimum atomic E-state index is -3.66. The van der Waals surface area contributed by atoms with Gasteiger partial charge in [0.2, 0.25) is 10.0 Å². The molecule has 0 aliphatic rings. The minimum absolute atomic E-state index is 0.0811. The number of nitrogens with one attached hydrogen (secondary N) is 1. The van der Waals surface area contributed by atoms with Crippen LogP contribution < -0.4 is 9.62 Å². The summed E-state index contributed by atoms with van der Waals surface area (Å²) in [5.41, 5.74) is 0.151. The quantitative estimate of drug-likeness (QED) is 0.846. The first kappa shape index (κ1) is 18.8.